The molecule has 3 aliphatic rings. The number of rotatable bonds is 4. The molecule has 3 heteroatoms. The van der Waals surface area contributed by atoms with Gasteiger partial charge in [-0.2, -0.15) is 0 Å². The van der Waals surface area contributed by atoms with Crippen LogP contribution >= 0.6 is 0 Å². The van der Waals surface area contributed by atoms with Gasteiger partial charge in [0.05, 0.1) is 0 Å². The minimum Gasteiger partial charge on any atom is -0.311 e. The Morgan fingerprint density at radius 1 is 1.00 bits per heavy atom. The smallest absolute Gasteiger partial charge is 0.0125 e. The van der Waals surface area contributed by atoms with E-state index in [1.54, 1.807) is 0 Å². The molecule has 0 amide bonds. The topological polar surface area (TPSA) is 18.5 Å². The molecule has 2 unspecified atom stereocenters. The quantitative estimate of drug-likeness (QED) is 0.852. The maximum absolute atomic E-state index is 3.77. The highest BCUT2D eigenvalue weighted by Gasteiger charge is 2.37. The number of hydrogen-bond acceptors (Lipinski definition) is 3. The van der Waals surface area contributed by atoms with Gasteiger partial charge in [0.1, 0.15) is 0 Å². The lowest BCUT2D eigenvalue weighted by atomic mass is 9.94. The lowest BCUT2D eigenvalue weighted by Crippen LogP contribution is -2.52. The van der Waals surface area contributed by atoms with Gasteiger partial charge in [0.2, 0.25) is 0 Å². The van der Waals surface area contributed by atoms with Crippen LogP contribution in [0, 0.1) is 5.92 Å². The lowest BCUT2D eigenvalue weighted by Gasteiger charge is -2.43. The predicted molar refractivity (Wildman–Crippen MR) is 85.0 cm³/mol. The van der Waals surface area contributed by atoms with Crippen molar-refractivity contribution < 1.29 is 0 Å². The van der Waals surface area contributed by atoms with E-state index in [4.69, 9.17) is 0 Å². The molecule has 20 heavy (non-hydrogen) atoms. The van der Waals surface area contributed by atoms with Gasteiger partial charge in [0, 0.05) is 30.7 Å². The third-order valence-corrected chi connectivity index (χ3v) is 5.78. The van der Waals surface area contributed by atoms with E-state index in [2.05, 4.69) is 36.0 Å². The number of piperidine rings is 2. The number of likely N-dealkylation sites (tertiary alicyclic amines) is 1. The molecule has 0 aromatic heterocycles. The Morgan fingerprint density at radius 2 is 1.60 bits per heavy atom. The zero-order chi connectivity index (χ0) is 14.1. The van der Waals surface area contributed by atoms with Crippen LogP contribution in [0.4, 0.5) is 0 Å². The summed E-state index contributed by atoms with van der Waals surface area (Å²) in [5, 5.41) is 3.77. The van der Waals surface area contributed by atoms with Crippen LogP contribution in [-0.2, 0) is 0 Å². The number of fused-ring (bicyclic) bond motifs is 2. The molecule has 0 saturated carbocycles. The SMILES string of the molecule is CC(C)CN1CCC(N(C)C2CC3CCC(C2)N3)CC1. The first-order chi connectivity index (χ1) is 9.61. The normalized spacial score (nSPS) is 36.1. The molecule has 3 heterocycles. The van der Waals surface area contributed by atoms with Crippen molar-refractivity contribution >= 4 is 0 Å². The van der Waals surface area contributed by atoms with E-state index in [1.807, 2.05) is 0 Å². The molecule has 0 spiro atoms. The molecule has 0 aliphatic carbocycles. The molecule has 3 fully saturated rings. The fourth-order valence-electron chi connectivity index (χ4n) is 4.68. The molecule has 0 aromatic rings. The van der Waals surface area contributed by atoms with Crippen molar-refractivity contribution in [2.75, 3.05) is 26.7 Å². The summed E-state index contributed by atoms with van der Waals surface area (Å²) in [5.41, 5.74) is 0. The fraction of sp³-hybridized carbons (Fsp3) is 1.00. The highest BCUT2D eigenvalue weighted by Crippen LogP contribution is 2.31. The van der Waals surface area contributed by atoms with Crippen molar-refractivity contribution in [2.45, 2.75) is 76.5 Å². The zero-order valence-corrected chi connectivity index (χ0v) is 13.6. The van der Waals surface area contributed by atoms with Gasteiger partial charge in [-0.15, -0.1) is 0 Å². The molecule has 3 rings (SSSR count). The van der Waals surface area contributed by atoms with Gasteiger partial charge in [-0.3, -0.25) is 0 Å². The van der Waals surface area contributed by atoms with Crippen molar-refractivity contribution in [2.24, 2.45) is 5.92 Å². The van der Waals surface area contributed by atoms with Crippen LogP contribution in [0.3, 0.4) is 0 Å². The molecule has 1 N–H and O–H groups in total. The summed E-state index contributed by atoms with van der Waals surface area (Å²) in [5.74, 6) is 0.810. The van der Waals surface area contributed by atoms with Gasteiger partial charge in [-0.25, -0.2) is 0 Å². The Balaban J connectivity index is 1.48. The predicted octanol–water partition coefficient (Wildman–Crippen LogP) is 2.32. The Hall–Kier alpha value is -0.120. The van der Waals surface area contributed by atoms with Crippen LogP contribution in [0.5, 0.6) is 0 Å². The van der Waals surface area contributed by atoms with E-state index in [1.165, 1.54) is 58.2 Å². The van der Waals surface area contributed by atoms with Gasteiger partial charge < -0.3 is 15.1 Å². The van der Waals surface area contributed by atoms with Crippen molar-refractivity contribution in [1.82, 2.24) is 15.1 Å². The first-order valence-electron chi connectivity index (χ1n) is 8.82. The molecule has 2 atom stereocenters. The lowest BCUT2D eigenvalue weighted by molar-refractivity contribution is 0.0704. The van der Waals surface area contributed by atoms with Crippen LogP contribution < -0.4 is 5.32 Å². The first-order valence-corrected chi connectivity index (χ1v) is 8.82. The van der Waals surface area contributed by atoms with E-state index in [0.717, 1.165) is 30.1 Å². The summed E-state index contributed by atoms with van der Waals surface area (Å²) >= 11 is 0. The molecular formula is C17H33N3. The van der Waals surface area contributed by atoms with Gasteiger partial charge in [0.25, 0.3) is 0 Å². The van der Waals surface area contributed by atoms with Crippen molar-refractivity contribution in [3.8, 4) is 0 Å². The Labute approximate surface area is 125 Å². The molecule has 116 valence electrons. The fourth-order valence-corrected chi connectivity index (χ4v) is 4.68. The first kappa shape index (κ1) is 14.8. The minimum atomic E-state index is 0.810. The van der Waals surface area contributed by atoms with Crippen molar-refractivity contribution in [1.29, 1.82) is 0 Å². The van der Waals surface area contributed by atoms with Crippen LogP contribution in [0.15, 0.2) is 0 Å². The van der Waals surface area contributed by atoms with Gasteiger partial charge in [-0.05, 0) is 64.6 Å². The largest absolute Gasteiger partial charge is 0.311 e. The highest BCUT2D eigenvalue weighted by atomic mass is 15.2. The summed E-state index contributed by atoms with van der Waals surface area (Å²) in [6.45, 7) is 8.58. The summed E-state index contributed by atoms with van der Waals surface area (Å²) in [7, 11) is 2.40. The minimum absolute atomic E-state index is 0.810. The molecule has 3 aliphatic heterocycles. The number of nitrogens with one attached hydrogen (secondary N) is 1. The van der Waals surface area contributed by atoms with Crippen LogP contribution in [0.25, 0.3) is 0 Å². The molecule has 0 radical (unpaired) electrons. The monoisotopic (exact) mass is 279 g/mol. The van der Waals surface area contributed by atoms with E-state index in [9.17, 15) is 0 Å². The molecule has 3 nitrogen and oxygen atoms in total. The second-order valence-corrected chi connectivity index (χ2v) is 7.85. The third kappa shape index (κ3) is 3.37. The van der Waals surface area contributed by atoms with E-state index in [0.29, 0.717) is 0 Å². The average molecular weight is 279 g/mol. The van der Waals surface area contributed by atoms with Crippen molar-refractivity contribution in [3.63, 3.8) is 0 Å². The van der Waals surface area contributed by atoms with E-state index in [-0.39, 0.29) is 0 Å². The zero-order valence-electron chi connectivity index (χ0n) is 13.6. The van der Waals surface area contributed by atoms with Crippen LogP contribution in [0.1, 0.15) is 52.4 Å². The van der Waals surface area contributed by atoms with Crippen LogP contribution in [-0.4, -0.2) is 60.6 Å². The van der Waals surface area contributed by atoms with Crippen molar-refractivity contribution in [3.05, 3.63) is 0 Å². The third-order valence-electron chi connectivity index (χ3n) is 5.78. The van der Waals surface area contributed by atoms with E-state index >= 15 is 0 Å². The van der Waals surface area contributed by atoms with Gasteiger partial charge >= 0.3 is 0 Å². The van der Waals surface area contributed by atoms with Gasteiger partial charge in [0.15, 0.2) is 0 Å². The summed E-state index contributed by atoms with van der Waals surface area (Å²) in [6.07, 6.45) is 8.37. The highest BCUT2D eigenvalue weighted by molar-refractivity contribution is 4.96. The van der Waals surface area contributed by atoms with Gasteiger partial charge in [-0.1, -0.05) is 13.8 Å². The van der Waals surface area contributed by atoms with Crippen LogP contribution in [0.2, 0.25) is 0 Å². The summed E-state index contributed by atoms with van der Waals surface area (Å²) in [4.78, 5) is 5.42. The second kappa shape index (κ2) is 6.33. The number of nitrogens with zero attached hydrogens (tertiary/aromatic N) is 2. The average Bonchev–Trinajstić information content (AvgIpc) is 2.77. The standard InChI is InChI=1S/C17H33N3/c1-13(2)12-20-8-6-16(7-9-20)19(3)17-10-14-4-5-15(11-17)18-14/h13-18H,4-12H2,1-3H3. The Kier molecular flexibility index (Phi) is 4.68. The maximum atomic E-state index is 3.77. The second-order valence-electron chi connectivity index (χ2n) is 7.85. The maximum Gasteiger partial charge on any atom is 0.0125 e. The molecule has 3 saturated heterocycles. The Bertz CT molecular complexity index is 297. The summed E-state index contributed by atoms with van der Waals surface area (Å²) in [6, 6.07) is 3.32. The molecular weight excluding hydrogens is 246 g/mol. The Morgan fingerprint density at radius 3 is 2.15 bits per heavy atom. The summed E-state index contributed by atoms with van der Waals surface area (Å²) < 4.78 is 0. The molecule has 2 bridgehead atoms. The number of hydrogen-bond donors (Lipinski definition) is 1. The van der Waals surface area contributed by atoms with E-state index < -0.39 is 0 Å². The molecule has 0 aromatic carbocycles.